The smallest absolute Gasteiger partial charge is 0.218 e. The SMILES string of the molecule is CN[C@@H]1[C@H](O[C@H]2[C@@H](O[C@@H]3[C@@H](N=C(N)N)[C@@H](O)[C@@H](N=CN)C(O)(O)[C@@H]3O)O[C@@H](C)[C@]2(O)C=O)O[C@@H](CO)[C@H](O)[C@H]1O. The summed E-state index contributed by atoms with van der Waals surface area (Å²) in [6.07, 6.45) is -16.1. The standard InChI is InChI=1S/C21H38N6O13/c1-6-20(34,4-29)16(40-17-9(25-2)11(31)10(30)7(3-28)38-17)18(37-6)39-13-8(27-19(23)24)12(32)14(26-5-22)21(35,36)15(13)33/h4-18,25,28,30-36H,3H2,1-2H3,(H2,22,26)(H4,23,24,27)/t6-,7-,8-,9-,10-,11-,12+,13+,14+,15+,16-,17-,18+,20+/m0/s1. The zero-order valence-corrected chi connectivity index (χ0v) is 21.6. The number of carbonyl (C=O) groups excluding carboxylic acids is 1. The summed E-state index contributed by atoms with van der Waals surface area (Å²) in [6.45, 7) is 0.562. The van der Waals surface area contributed by atoms with Gasteiger partial charge in [-0.05, 0) is 14.0 Å². The highest BCUT2D eigenvalue weighted by atomic mass is 16.8. The largest absolute Gasteiger partial charge is 0.394 e. The number of nitrogens with two attached hydrogens (primary N) is 3. The Kier molecular flexibility index (Phi) is 10.1. The molecular formula is C21H38N6O13. The summed E-state index contributed by atoms with van der Waals surface area (Å²) in [5.74, 6) is -3.73. The summed E-state index contributed by atoms with van der Waals surface area (Å²) in [5, 5.41) is 87.0. The number of guanidine groups is 1. The molecule has 14 atom stereocenters. The van der Waals surface area contributed by atoms with E-state index in [-0.39, 0.29) is 6.29 Å². The van der Waals surface area contributed by atoms with E-state index in [4.69, 9.17) is 36.1 Å². The zero-order valence-electron chi connectivity index (χ0n) is 21.6. The van der Waals surface area contributed by atoms with Crippen LogP contribution in [0.3, 0.4) is 0 Å². The third kappa shape index (κ3) is 5.66. The van der Waals surface area contributed by atoms with E-state index < -0.39 is 103 Å². The summed E-state index contributed by atoms with van der Waals surface area (Å²) in [5.41, 5.74) is 13.7. The number of aldehydes is 1. The van der Waals surface area contributed by atoms with Gasteiger partial charge in [0.1, 0.15) is 54.8 Å². The molecule has 19 nitrogen and oxygen atoms in total. The van der Waals surface area contributed by atoms with Crippen LogP contribution in [-0.4, -0.2) is 164 Å². The number of nitrogens with one attached hydrogen (secondary N) is 1. The van der Waals surface area contributed by atoms with Crippen LogP contribution in [0.15, 0.2) is 9.98 Å². The van der Waals surface area contributed by atoms with Crippen molar-refractivity contribution in [3.63, 3.8) is 0 Å². The number of likely N-dealkylation sites (N-methyl/N-ethyl adjacent to an activating group) is 1. The van der Waals surface area contributed by atoms with E-state index in [9.17, 15) is 45.6 Å². The first-order valence-corrected chi connectivity index (χ1v) is 12.3. The van der Waals surface area contributed by atoms with Gasteiger partial charge in [-0.25, -0.2) is 4.99 Å². The van der Waals surface area contributed by atoms with Crippen LogP contribution in [-0.2, 0) is 23.7 Å². The lowest BCUT2D eigenvalue weighted by Gasteiger charge is -2.48. The molecule has 0 aromatic rings. The number of hydrogen-bond donors (Lipinski definition) is 12. The van der Waals surface area contributed by atoms with Crippen molar-refractivity contribution in [2.45, 2.75) is 97.8 Å². The Morgan fingerprint density at radius 2 is 1.70 bits per heavy atom. The normalized spacial score (nSPS) is 47.3. The highest BCUT2D eigenvalue weighted by molar-refractivity contribution is 5.76. The second-order valence-electron chi connectivity index (χ2n) is 9.84. The summed E-state index contributed by atoms with van der Waals surface area (Å²) >= 11 is 0. The molecule has 0 spiro atoms. The molecule has 15 N–H and O–H groups in total. The summed E-state index contributed by atoms with van der Waals surface area (Å²) in [7, 11) is 1.40. The van der Waals surface area contributed by atoms with Gasteiger partial charge in [0.15, 0.2) is 30.4 Å². The first-order chi connectivity index (χ1) is 18.7. The van der Waals surface area contributed by atoms with Crippen molar-refractivity contribution in [3.8, 4) is 0 Å². The maximum Gasteiger partial charge on any atom is 0.218 e. The summed E-state index contributed by atoms with van der Waals surface area (Å²) in [4.78, 5) is 19.5. The van der Waals surface area contributed by atoms with E-state index >= 15 is 0 Å². The molecule has 0 bridgehead atoms. The van der Waals surface area contributed by atoms with E-state index in [1.54, 1.807) is 0 Å². The predicted molar refractivity (Wildman–Crippen MR) is 131 cm³/mol. The number of hydrogen-bond acceptors (Lipinski definition) is 16. The molecule has 3 aliphatic rings. The topological polar surface area (TPSA) is 331 Å². The molecule has 3 rings (SSSR count). The highest BCUT2D eigenvalue weighted by Gasteiger charge is 2.63. The molecule has 40 heavy (non-hydrogen) atoms. The van der Waals surface area contributed by atoms with Gasteiger partial charge in [-0.1, -0.05) is 0 Å². The van der Waals surface area contributed by atoms with Crippen molar-refractivity contribution in [2.24, 2.45) is 27.2 Å². The number of aliphatic imine (C=N–C) groups is 2. The van der Waals surface area contributed by atoms with E-state index in [1.165, 1.54) is 14.0 Å². The maximum absolute atomic E-state index is 12.1. The number of aliphatic hydroxyl groups excluding tert-OH is 5. The number of ether oxygens (including phenoxy) is 4. The van der Waals surface area contributed by atoms with Gasteiger partial charge in [0.2, 0.25) is 5.79 Å². The number of carbonyl (C=O) groups is 1. The van der Waals surface area contributed by atoms with E-state index in [0.29, 0.717) is 6.34 Å². The molecule has 2 aliphatic heterocycles. The lowest BCUT2D eigenvalue weighted by Crippen LogP contribution is -2.71. The van der Waals surface area contributed by atoms with Gasteiger partial charge < -0.3 is 82.3 Å². The quantitative estimate of drug-likeness (QED) is 0.0519. The first-order valence-electron chi connectivity index (χ1n) is 12.3. The summed E-state index contributed by atoms with van der Waals surface area (Å²) < 4.78 is 22.7. The molecular weight excluding hydrogens is 544 g/mol. The Labute approximate surface area is 227 Å². The molecule has 0 amide bonds. The zero-order chi connectivity index (χ0) is 30.2. The Bertz CT molecular complexity index is 941. The van der Waals surface area contributed by atoms with Gasteiger partial charge in [0.05, 0.1) is 25.1 Å². The average molecular weight is 583 g/mol. The molecule has 1 aliphatic carbocycles. The fourth-order valence-corrected chi connectivity index (χ4v) is 5.08. The number of nitrogens with zero attached hydrogens (tertiary/aromatic N) is 2. The Morgan fingerprint density at radius 1 is 1.05 bits per heavy atom. The van der Waals surface area contributed by atoms with Crippen molar-refractivity contribution in [1.29, 1.82) is 0 Å². The third-order valence-electron chi connectivity index (χ3n) is 7.40. The molecule has 0 radical (unpaired) electrons. The molecule has 0 unspecified atom stereocenters. The minimum absolute atomic E-state index is 0.103. The molecule has 2 saturated heterocycles. The monoisotopic (exact) mass is 582 g/mol. The molecule has 0 aromatic heterocycles. The van der Waals surface area contributed by atoms with Crippen molar-refractivity contribution in [3.05, 3.63) is 0 Å². The van der Waals surface area contributed by atoms with Gasteiger partial charge in [-0.15, -0.1) is 0 Å². The van der Waals surface area contributed by atoms with Gasteiger partial charge >= 0.3 is 0 Å². The summed E-state index contributed by atoms with van der Waals surface area (Å²) in [6, 6.07) is -4.60. The molecule has 230 valence electrons. The van der Waals surface area contributed by atoms with E-state index in [2.05, 4.69) is 15.3 Å². The van der Waals surface area contributed by atoms with Crippen LogP contribution in [0.25, 0.3) is 0 Å². The number of aliphatic hydroxyl groups is 8. The second-order valence-corrected chi connectivity index (χ2v) is 9.84. The molecule has 2 heterocycles. The highest BCUT2D eigenvalue weighted by Crippen LogP contribution is 2.40. The number of rotatable bonds is 9. The van der Waals surface area contributed by atoms with E-state index in [1.807, 2.05) is 0 Å². The van der Waals surface area contributed by atoms with Gasteiger partial charge in [0.25, 0.3) is 0 Å². The Balaban J connectivity index is 1.99. The minimum atomic E-state index is -3.14. The lowest BCUT2D eigenvalue weighted by molar-refractivity contribution is -0.334. The fourth-order valence-electron chi connectivity index (χ4n) is 5.08. The van der Waals surface area contributed by atoms with Gasteiger partial charge in [-0.3, -0.25) is 9.79 Å². The molecule has 1 saturated carbocycles. The van der Waals surface area contributed by atoms with Crippen molar-refractivity contribution in [1.82, 2.24) is 5.32 Å². The predicted octanol–water partition coefficient (Wildman–Crippen LogP) is -8.13. The van der Waals surface area contributed by atoms with Crippen LogP contribution in [0.2, 0.25) is 0 Å². The fraction of sp³-hybridized carbons (Fsp3) is 0.857. The van der Waals surface area contributed by atoms with Crippen molar-refractivity contribution in [2.75, 3.05) is 13.7 Å². The van der Waals surface area contributed by atoms with Crippen LogP contribution in [0.4, 0.5) is 0 Å². The van der Waals surface area contributed by atoms with Gasteiger partial charge in [0, 0.05) is 0 Å². The van der Waals surface area contributed by atoms with Crippen LogP contribution < -0.4 is 22.5 Å². The van der Waals surface area contributed by atoms with Crippen LogP contribution >= 0.6 is 0 Å². The molecule has 19 heteroatoms. The third-order valence-corrected chi connectivity index (χ3v) is 7.40. The first kappa shape index (κ1) is 32.4. The lowest BCUT2D eigenvalue weighted by atomic mass is 9.79. The minimum Gasteiger partial charge on any atom is -0.394 e. The van der Waals surface area contributed by atoms with Crippen LogP contribution in [0, 0.1) is 0 Å². The van der Waals surface area contributed by atoms with Gasteiger partial charge in [-0.2, -0.15) is 0 Å². The van der Waals surface area contributed by atoms with E-state index in [0.717, 1.165) is 0 Å². The molecule has 3 fully saturated rings. The second kappa shape index (κ2) is 12.4. The Morgan fingerprint density at radius 3 is 2.23 bits per heavy atom. The van der Waals surface area contributed by atoms with Crippen LogP contribution in [0.5, 0.6) is 0 Å². The average Bonchev–Trinajstić information content (AvgIpc) is 3.13. The Hall–Kier alpha value is -2.11. The van der Waals surface area contributed by atoms with Crippen molar-refractivity contribution >= 4 is 18.6 Å². The van der Waals surface area contributed by atoms with Crippen LogP contribution in [0.1, 0.15) is 6.92 Å². The maximum atomic E-state index is 12.1. The molecule has 0 aromatic carbocycles. The van der Waals surface area contributed by atoms with Crippen molar-refractivity contribution < 1.29 is 64.6 Å².